The van der Waals surface area contributed by atoms with Crippen molar-refractivity contribution in [3.8, 4) is 5.82 Å². The van der Waals surface area contributed by atoms with Crippen molar-refractivity contribution in [1.29, 1.82) is 0 Å². The molecule has 0 amide bonds. The van der Waals surface area contributed by atoms with Gasteiger partial charge in [-0.3, -0.25) is 0 Å². The van der Waals surface area contributed by atoms with Crippen LogP contribution in [0, 0.1) is 6.92 Å². The standard InChI is InChI=1S/C18H22N6O2S/c1-3-15-4-6-16(7-5-15)27(25,26)20-12-11-19-17-8-9-18(22-21-17)24-13-10-14(2)23-24/h4-10,13,20H,3,11-12H2,1-2H3,(H,19,21). The summed E-state index contributed by atoms with van der Waals surface area (Å²) in [5, 5.41) is 15.5. The molecule has 0 bridgehead atoms. The van der Waals surface area contributed by atoms with E-state index in [9.17, 15) is 8.42 Å². The Morgan fingerprint density at radius 3 is 2.37 bits per heavy atom. The number of nitrogens with zero attached hydrogens (tertiary/aromatic N) is 4. The van der Waals surface area contributed by atoms with E-state index in [0.717, 1.165) is 17.7 Å². The molecule has 3 rings (SSSR count). The Hall–Kier alpha value is -2.78. The Bertz CT molecular complexity index is 981. The number of aromatic nitrogens is 4. The Balaban J connectivity index is 1.50. The summed E-state index contributed by atoms with van der Waals surface area (Å²) in [7, 11) is -3.52. The second-order valence-corrected chi connectivity index (χ2v) is 7.77. The Labute approximate surface area is 158 Å². The molecule has 0 aliphatic heterocycles. The minimum Gasteiger partial charge on any atom is -0.367 e. The zero-order chi connectivity index (χ0) is 19.3. The van der Waals surface area contributed by atoms with E-state index in [2.05, 4.69) is 25.3 Å². The molecule has 0 radical (unpaired) electrons. The maximum atomic E-state index is 12.3. The highest BCUT2D eigenvalue weighted by Gasteiger charge is 2.12. The normalized spacial score (nSPS) is 11.5. The highest BCUT2D eigenvalue weighted by Crippen LogP contribution is 2.11. The maximum Gasteiger partial charge on any atom is 0.240 e. The van der Waals surface area contributed by atoms with Gasteiger partial charge in [0, 0.05) is 19.3 Å². The second kappa shape index (κ2) is 8.28. The molecule has 0 aliphatic rings. The van der Waals surface area contributed by atoms with Gasteiger partial charge < -0.3 is 5.32 Å². The van der Waals surface area contributed by atoms with Crippen LogP contribution in [-0.2, 0) is 16.4 Å². The first kappa shape index (κ1) is 19.0. The maximum absolute atomic E-state index is 12.3. The van der Waals surface area contributed by atoms with E-state index < -0.39 is 10.0 Å². The molecule has 9 heteroatoms. The van der Waals surface area contributed by atoms with E-state index in [4.69, 9.17) is 0 Å². The number of anilines is 1. The van der Waals surface area contributed by atoms with Crippen molar-refractivity contribution in [3.63, 3.8) is 0 Å². The topological polar surface area (TPSA) is 102 Å². The van der Waals surface area contributed by atoms with Gasteiger partial charge in [0.25, 0.3) is 0 Å². The van der Waals surface area contributed by atoms with Crippen molar-refractivity contribution in [1.82, 2.24) is 24.7 Å². The molecule has 0 fully saturated rings. The van der Waals surface area contributed by atoms with E-state index in [1.807, 2.05) is 38.2 Å². The van der Waals surface area contributed by atoms with Gasteiger partial charge in [0.2, 0.25) is 10.0 Å². The molecule has 8 nitrogen and oxygen atoms in total. The van der Waals surface area contributed by atoms with Crippen LogP contribution < -0.4 is 10.0 Å². The van der Waals surface area contributed by atoms with Gasteiger partial charge in [0.15, 0.2) is 5.82 Å². The van der Waals surface area contributed by atoms with Crippen LogP contribution in [-0.4, -0.2) is 41.5 Å². The van der Waals surface area contributed by atoms with Gasteiger partial charge in [-0.05, 0) is 49.2 Å². The molecular weight excluding hydrogens is 364 g/mol. The summed E-state index contributed by atoms with van der Waals surface area (Å²) in [6.45, 7) is 4.55. The van der Waals surface area contributed by atoms with Crippen LogP contribution in [0.5, 0.6) is 0 Å². The summed E-state index contributed by atoms with van der Waals surface area (Å²) in [5.41, 5.74) is 2.00. The third kappa shape index (κ3) is 4.89. The fourth-order valence-corrected chi connectivity index (χ4v) is 3.48. The average Bonchev–Trinajstić information content (AvgIpc) is 3.12. The quantitative estimate of drug-likeness (QED) is 0.574. The van der Waals surface area contributed by atoms with Gasteiger partial charge in [-0.25, -0.2) is 17.8 Å². The van der Waals surface area contributed by atoms with Crippen molar-refractivity contribution in [2.45, 2.75) is 25.2 Å². The molecule has 0 aliphatic carbocycles. The highest BCUT2D eigenvalue weighted by atomic mass is 32.2. The number of hydrogen-bond acceptors (Lipinski definition) is 6. The van der Waals surface area contributed by atoms with E-state index >= 15 is 0 Å². The van der Waals surface area contributed by atoms with Crippen molar-refractivity contribution in [2.75, 3.05) is 18.4 Å². The summed E-state index contributed by atoms with van der Waals surface area (Å²) < 4.78 is 28.8. The molecule has 0 saturated carbocycles. The number of hydrogen-bond donors (Lipinski definition) is 2. The third-order valence-corrected chi connectivity index (χ3v) is 5.45. The van der Waals surface area contributed by atoms with Gasteiger partial charge >= 0.3 is 0 Å². The molecule has 142 valence electrons. The predicted molar refractivity (Wildman–Crippen MR) is 103 cm³/mol. The summed E-state index contributed by atoms with van der Waals surface area (Å²) in [6.07, 6.45) is 2.69. The van der Waals surface area contributed by atoms with E-state index in [1.54, 1.807) is 28.9 Å². The first-order valence-electron chi connectivity index (χ1n) is 8.67. The first-order valence-corrected chi connectivity index (χ1v) is 10.1. The molecule has 3 aromatic rings. The summed E-state index contributed by atoms with van der Waals surface area (Å²) in [4.78, 5) is 0.262. The minimum absolute atomic E-state index is 0.236. The molecule has 2 heterocycles. The predicted octanol–water partition coefficient (Wildman–Crippen LogP) is 1.92. The summed E-state index contributed by atoms with van der Waals surface area (Å²) in [5.74, 6) is 1.18. The van der Waals surface area contributed by atoms with Crippen LogP contribution in [0.15, 0.2) is 53.6 Å². The number of benzene rings is 1. The van der Waals surface area contributed by atoms with Crippen LogP contribution in [0.25, 0.3) is 5.82 Å². The van der Waals surface area contributed by atoms with E-state index in [1.165, 1.54) is 0 Å². The molecule has 1 aromatic carbocycles. The van der Waals surface area contributed by atoms with E-state index in [-0.39, 0.29) is 11.4 Å². The van der Waals surface area contributed by atoms with Gasteiger partial charge in [0.05, 0.1) is 10.6 Å². The van der Waals surface area contributed by atoms with Crippen LogP contribution in [0.3, 0.4) is 0 Å². The van der Waals surface area contributed by atoms with Crippen molar-refractivity contribution >= 4 is 15.8 Å². The Morgan fingerprint density at radius 2 is 1.78 bits per heavy atom. The Kier molecular flexibility index (Phi) is 5.82. The molecule has 0 unspecified atom stereocenters. The molecular formula is C18H22N6O2S. The lowest BCUT2D eigenvalue weighted by atomic mass is 10.2. The number of aryl methyl sites for hydroxylation is 2. The van der Waals surface area contributed by atoms with Crippen LogP contribution in [0.2, 0.25) is 0 Å². The van der Waals surface area contributed by atoms with Crippen molar-refractivity contribution < 1.29 is 8.42 Å². The number of nitrogens with one attached hydrogen (secondary N) is 2. The van der Waals surface area contributed by atoms with E-state index in [0.29, 0.717) is 18.2 Å². The zero-order valence-electron chi connectivity index (χ0n) is 15.3. The molecule has 0 atom stereocenters. The molecule has 2 N–H and O–H groups in total. The van der Waals surface area contributed by atoms with Gasteiger partial charge in [-0.15, -0.1) is 10.2 Å². The summed E-state index contributed by atoms with van der Waals surface area (Å²) >= 11 is 0. The van der Waals surface area contributed by atoms with Gasteiger partial charge in [-0.2, -0.15) is 5.10 Å². The second-order valence-electron chi connectivity index (χ2n) is 6.00. The highest BCUT2D eigenvalue weighted by molar-refractivity contribution is 7.89. The monoisotopic (exact) mass is 386 g/mol. The smallest absolute Gasteiger partial charge is 0.240 e. The fraction of sp³-hybridized carbons (Fsp3) is 0.278. The zero-order valence-corrected chi connectivity index (χ0v) is 16.1. The van der Waals surface area contributed by atoms with Crippen molar-refractivity contribution in [3.05, 3.63) is 59.9 Å². The minimum atomic E-state index is -3.52. The molecule has 0 spiro atoms. The SMILES string of the molecule is CCc1ccc(S(=O)(=O)NCCNc2ccc(-n3ccc(C)n3)nn2)cc1. The molecule has 27 heavy (non-hydrogen) atoms. The number of sulfonamides is 1. The third-order valence-electron chi connectivity index (χ3n) is 3.97. The first-order chi connectivity index (χ1) is 13.0. The summed E-state index contributed by atoms with van der Waals surface area (Å²) in [6, 6.07) is 12.3. The largest absolute Gasteiger partial charge is 0.367 e. The fourth-order valence-electron chi connectivity index (χ4n) is 2.45. The van der Waals surface area contributed by atoms with Crippen LogP contribution in [0.1, 0.15) is 18.2 Å². The molecule has 0 saturated heterocycles. The van der Waals surface area contributed by atoms with Gasteiger partial charge in [-0.1, -0.05) is 19.1 Å². The number of rotatable bonds is 8. The van der Waals surface area contributed by atoms with Crippen LogP contribution in [0.4, 0.5) is 5.82 Å². The lowest BCUT2D eigenvalue weighted by Gasteiger charge is -2.09. The van der Waals surface area contributed by atoms with Crippen molar-refractivity contribution in [2.24, 2.45) is 0 Å². The lowest BCUT2D eigenvalue weighted by molar-refractivity contribution is 0.583. The average molecular weight is 386 g/mol. The Morgan fingerprint density at radius 1 is 1.00 bits per heavy atom. The lowest BCUT2D eigenvalue weighted by Crippen LogP contribution is -2.29. The van der Waals surface area contributed by atoms with Crippen LogP contribution >= 0.6 is 0 Å². The molecule has 2 aromatic heterocycles. The van der Waals surface area contributed by atoms with Gasteiger partial charge in [0.1, 0.15) is 5.82 Å².